The Balaban J connectivity index is 1.59. The molecule has 0 aromatic rings. The molecule has 2 nitrogen and oxygen atoms in total. The maximum absolute atomic E-state index is 10.3. The van der Waals surface area contributed by atoms with Gasteiger partial charge in [-0.05, 0) is 83.0 Å². The number of rotatable bonds is 4. The van der Waals surface area contributed by atoms with E-state index in [0.29, 0.717) is 23.7 Å². The Morgan fingerprint density at radius 1 is 1.32 bits per heavy atom. The second kappa shape index (κ2) is 5.63. The predicted molar refractivity (Wildman–Crippen MR) is 90.7 cm³/mol. The van der Waals surface area contributed by atoms with Crippen LogP contribution < -0.4 is 0 Å². The van der Waals surface area contributed by atoms with Gasteiger partial charge < -0.3 is 9.84 Å². The van der Waals surface area contributed by atoms with Gasteiger partial charge in [-0.3, -0.25) is 0 Å². The van der Waals surface area contributed by atoms with Crippen LogP contribution in [0.15, 0.2) is 11.6 Å². The molecule has 126 valence electrons. The molecule has 2 heteroatoms. The number of allylic oxidation sites excluding steroid dienone is 1. The summed E-state index contributed by atoms with van der Waals surface area (Å²) in [6, 6.07) is 0. The summed E-state index contributed by atoms with van der Waals surface area (Å²) in [6.07, 6.45) is 9.07. The highest BCUT2D eigenvalue weighted by molar-refractivity contribution is 5.10. The third kappa shape index (κ3) is 2.67. The van der Waals surface area contributed by atoms with E-state index in [1.807, 2.05) is 0 Å². The van der Waals surface area contributed by atoms with Gasteiger partial charge >= 0.3 is 0 Å². The van der Waals surface area contributed by atoms with Gasteiger partial charge in [-0.1, -0.05) is 25.5 Å². The molecule has 3 rings (SSSR count). The van der Waals surface area contributed by atoms with Crippen molar-refractivity contribution in [1.82, 2.24) is 0 Å². The number of fused-ring (bicyclic) bond motifs is 2. The molecule has 0 radical (unpaired) electrons. The van der Waals surface area contributed by atoms with Gasteiger partial charge in [0.2, 0.25) is 0 Å². The fraction of sp³-hybridized carbons (Fsp3) is 0.900. The van der Waals surface area contributed by atoms with E-state index in [2.05, 4.69) is 40.7 Å². The zero-order valence-corrected chi connectivity index (χ0v) is 15.1. The van der Waals surface area contributed by atoms with Crippen LogP contribution in [-0.4, -0.2) is 22.4 Å². The van der Waals surface area contributed by atoms with Crippen LogP contribution in [-0.2, 0) is 4.74 Å². The van der Waals surface area contributed by atoms with E-state index >= 15 is 0 Å². The topological polar surface area (TPSA) is 29.5 Å². The molecule has 2 saturated heterocycles. The van der Waals surface area contributed by atoms with Crippen molar-refractivity contribution in [3.8, 4) is 0 Å². The van der Waals surface area contributed by atoms with E-state index in [0.717, 1.165) is 12.8 Å². The molecule has 2 heterocycles. The largest absolute Gasteiger partial charge is 0.389 e. The lowest BCUT2D eigenvalue weighted by Gasteiger charge is -2.36. The molecule has 2 fully saturated rings. The zero-order chi connectivity index (χ0) is 16.1. The Hall–Kier alpha value is -0.340. The zero-order valence-electron chi connectivity index (χ0n) is 15.1. The molecule has 0 spiro atoms. The second-order valence-electron chi connectivity index (χ2n) is 8.88. The van der Waals surface area contributed by atoms with Crippen LogP contribution >= 0.6 is 0 Å². The van der Waals surface area contributed by atoms with Crippen LogP contribution in [0.5, 0.6) is 0 Å². The van der Waals surface area contributed by atoms with Crippen LogP contribution in [0.3, 0.4) is 0 Å². The summed E-state index contributed by atoms with van der Waals surface area (Å²) >= 11 is 0. The van der Waals surface area contributed by atoms with E-state index < -0.39 is 0 Å². The van der Waals surface area contributed by atoms with Crippen molar-refractivity contribution in [2.45, 2.75) is 90.4 Å². The van der Waals surface area contributed by atoms with Crippen molar-refractivity contribution < 1.29 is 9.84 Å². The quantitative estimate of drug-likeness (QED) is 0.762. The lowest BCUT2D eigenvalue weighted by Crippen LogP contribution is -2.37. The molecule has 0 amide bonds. The molecule has 7 atom stereocenters. The van der Waals surface area contributed by atoms with Gasteiger partial charge in [0.05, 0.1) is 17.3 Å². The molecule has 3 aliphatic rings. The summed E-state index contributed by atoms with van der Waals surface area (Å²) in [6.45, 7) is 11.5. The summed E-state index contributed by atoms with van der Waals surface area (Å²) in [5.74, 6) is 2.40. The minimum atomic E-state index is -0.231. The first-order chi connectivity index (χ1) is 10.3. The highest BCUT2D eigenvalue weighted by Gasteiger charge is 2.60. The van der Waals surface area contributed by atoms with Gasteiger partial charge in [0.15, 0.2) is 0 Å². The molecule has 1 N–H and O–H groups in total. The van der Waals surface area contributed by atoms with Gasteiger partial charge in [-0.15, -0.1) is 0 Å². The van der Waals surface area contributed by atoms with Crippen molar-refractivity contribution in [1.29, 1.82) is 0 Å². The number of hydrogen-bond acceptors (Lipinski definition) is 2. The number of ether oxygens (including phenoxy) is 1. The van der Waals surface area contributed by atoms with Crippen molar-refractivity contribution in [3.63, 3.8) is 0 Å². The first-order valence-corrected chi connectivity index (χ1v) is 9.31. The number of aliphatic hydroxyl groups excluding tert-OH is 1. The van der Waals surface area contributed by atoms with Crippen molar-refractivity contribution in [2.75, 3.05) is 0 Å². The molecule has 0 aromatic heterocycles. The summed E-state index contributed by atoms with van der Waals surface area (Å²) in [4.78, 5) is 0. The third-order valence-corrected chi connectivity index (χ3v) is 7.37. The fourth-order valence-electron chi connectivity index (χ4n) is 5.56. The molecule has 0 saturated carbocycles. The monoisotopic (exact) mass is 306 g/mol. The highest BCUT2D eigenvalue weighted by atomic mass is 16.5. The van der Waals surface area contributed by atoms with E-state index in [1.165, 1.54) is 31.3 Å². The van der Waals surface area contributed by atoms with E-state index in [9.17, 15) is 5.11 Å². The maximum atomic E-state index is 10.3. The van der Waals surface area contributed by atoms with E-state index in [1.54, 1.807) is 0 Å². The average molecular weight is 306 g/mol. The SMILES string of the molecule is CC1=C[C@@H](O)C(C(C)CC[C@H]2[C@@H](C)[C@]3(C)CC[C@@]2(C)O3)CC1. The summed E-state index contributed by atoms with van der Waals surface area (Å²) in [7, 11) is 0. The van der Waals surface area contributed by atoms with Crippen LogP contribution in [0.4, 0.5) is 0 Å². The van der Waals surface area contributed by atoms with E-state index in [4.69, 9.17) is 4.74 Å². The molecule has 2 bridgehead atoms. The van der Waals surface area contributed by atoms with Gasteiger partial charge in [0, 0.05) is 0 Å². The molecule has 2 unspecified atom stereocenters. The predicted octanol–water partition coefficient (Wildman–Crippen LogP) is 4.71. The van der Waals surface area contributed by atoms with Crippen LogP contribution in [0.2, 0.25) is 0 Å². The molecular weight excluding hydrogens is 272 g/mol. The summed E-state index contributed by atoms with van der Waals surface area (Å²) < 4.78 is 6.43. The Morgan fingerprint density at radius 3 is 2.59 bits per heavy atom. The fourth-order valence-corrected chi connectivity index (χ4v) is 5.56. The van der Waals surface area contributed by atoms with Crippen molar-refractivity contribution in [2.24, 2.45) is 23.7 Å². The molecule has 1 aliphatic carbocycles. The van der Waals surface area contributed by atoms with Crippen LogP contribution in [0.1, 0.15) is 73.1 Å². The van der Waals surface area contributed by atoms with Crippen molar-refractivity contribution >= 4 is 0 Å². The molecular formula is C20H34O2. The maximum Gasteiger partial charge on any atom is 0.0754 e. The van der Waals surface area contributed by atoms with Crippen LogP contribution in [0, 0.1) is 23.7 Å². The lowest BCUT2D eigenvalue weighted by atomic mass is 9.66. The minimum Gasteiger partial charge on any atom is -0.389 e. The Morgan fingerprint density at radius 2 is 2.00 bits per heavy atom. The minimum absolute atomic E-state index is 0.107. The first kappa shape index (κ1) is 16.5. The molecule has 0 aromatic carbocycles. The van der Waals surface area contributed by atoms with Gasteiger partial charge in [-0.2, -0.15) is 0 Å². The molecule has 22 heavy (non-hydrogen) atoms. The third-order valence-electron chi connectivity index (χ3n) is 7.37. The second-order valence-corrected chi connectivity index (χ2v) is 8.88. The van der Waals surface area contributed by atoms with Gasteiger partial charge in [0.25, 0.3) is 0 Å². The van der Waals surface area contributed by atoms with Crippen molar-refractivity contribution in [3.05, 3.63) is 11.6 Å². The Bertz CT molecular complexity index is 457. The smallest absolute Gasteiger partial charge is 0.0754 e. The first-order valence-electron chi connectivity index (χ1n) is 9.31. The van der Waals surface area contributed by atoms with E-state index in [-0.39, 0.29) is 17.3 Å². The van der Waals surface area contributed by atoms with Gasteiger partial charge in [-0.25, -0.2) is 0 Å². The normalized spacial score (nSPS) is 49.3. The number of hydrogen-bond donors (Lipinski definition) is 1. The highest BCUT2D eigenvalue weighted by Crippen LogP contribution is 2.58. The summed E-state index contributed by atoms with van der Waals surface area (Å²) in [5, 5.41) is 10.3. The Kier molecular flexibility index (Phi) is 4.23. The lowest BCUT2D eigenvalue weighted by molar-refractivity contribution is -0.0434. The Labute approximate surface area is 136 Å². The molecule has 2 aliphatic heterocycles. The average Bonchev–Trinajstić information content (AvgIpc) is 2.84. The summed E-state index contributed by atoms with van der Waals surface area (Å²) in [5.41, 5.74) is 1.58. The van der Waals surface area contributed by atoms with Crippen LogP contribution in [0.25, 0.3) is 0 Å². The number of aliphatic hydroxyl groups is 1. The standard InChI is InChI=1S/C20H34O2/c1-13-6-8-16(18(21)12-13)14(2)7-9-17-15(3)19(4)10-11-20(17,5)22-19/h12,14-18,21H,6-11H2,1-5H3/t14?,15-,16?,17+,18-,19+,20-/m1/s1. The van der Waals surface area contributed by atoms with Gasteiger partial charge in [0.1, 0.15) is 0 Å².